The van der Waals surface area contributed by atoms with Crippen molar-refractivity contribution in [3.8, 4) is 11.5 Å². The number of hydrogen-bond donors (Lipinski definition) is 1. The molecule has 1 N–H and O–H groups in total. The number of rotatable bonds is 5. The number of benzene rings is 2. The maximum Gasteiger partial charge on any atom is 0.299 e. The molecule has 1 atom stereocenters. The number of hydrogen-bond acceptors (Lipinski definition) is 6. The zero-order valence-corrected chi connectivity index (χ0v) is 23.9. The number of thioether (sulfide) groups is 1. The molecule has 0 spiro atoms. The van der Waals surface area contributed by atoms with E-state index in [1.54, 1.807) is 14.2 Å². The van der Waals surface area contributed by atoms with E-state index in [-0.39, 0.29) is 15.9 Å². The molecule has 202 valence electrons. The van der Waals surface area contributed by atoms with E-state index in [1.165, 1.54) is 42.3 Å². The largest absolute Gasteiger partial charge is 0.493 e. The van der Waals surface area contributed by atoms with Gasteiger partial charge in [0.15, 0.2) is 11.5 Å². The van der Waals surface area contributed by atoms with Gasteiger partial charge in [-0.2, -0.15) is 5.10 Å². The van der Waals surface area contributed by atoms with Crippen molar-refractivity contribution in [2.75, 3.05) is 25.7 Å². The van der Waals surface area contributed by atoms with Crippen molar-refractivity contribution in [2.24, 2.45) is 10.1 Å². The first kappa shape index (κ1) is 26.6. The van der Waals surface area contributed by atoms with Crippen molar-refractivity contribution < 1.29 is 14.3 Å². The Morgan fingerprint density at radius 3 is 2.55 bits per heavy atom. The van der Waals surface area contributed by atoms with Gasteiger partial charge in [-0.25, -0.2) is 5.43 Å². The highest BCUT2D eigenvalue weighted by Gasteiger charge is 2.35. The van der Waals surface area contributed by atoms with Gasteiger partial charge < -0.3 is 14.4 Å². The highest BCUT2D eigenvalue weighted by molar-refractivity contribution is 8.14. The molecule has 0 bridgehead atoms. The number of nitrogens with zero attached hydrogens (tertiary/aromatic N) is 3. The SMILES string of the molecule is COc1ccc(/C(=N/C2CCCCC2)N2CCC(C)(C)c3cc(C4=NNC(=O)SC4C)ccc32)cc1OC. The molecule has 1 fully saturated rings. The third-order valence-corrected chi connectivity index (χ3v) is 8.87. The molecule has 1 aliphatic carbocycles. The predicted molar refractivity (Wildman–Crippen MR) is 157 cm³/mol. The van der Waals surface area contributed by atoms with E-state index in [1.807, 2.05) is 19.1 Å². The zero-order chi connectivity index (χ0) is 26.9. The minimum Gasteiger partial charge on any atom is -0.493 e. The van der Waals surface area contributed by atoms with Crippen LogP contribution in [0.1, 0.15) is 76.0 Å². The minimum atomic E-state index is -0.107. The lowest BCUT2D eigenvalue weighted by molar-refractivity contribution is 0.261. The second-order valence-corrected chi connectivity index (χ2v) is 12.3. The average Bonchev–Trinajstić information content (AvgIpc) is 2.92. The number of amidine groups is 1. The van der Waals surface area contributed by atoms with Gasteiger partial charge in [0.25, 0.3) is 5.24 Å². The van der Waals surface area contributed by atoms with Crippen molar-refractivity contribution in [2.45, 2.75) is 76.0 Å². The molecule has 3 aliphatic rings. The van der Waals surface area contributed by atoms with Gasteiger partial charge in [0.1, 0.15) is 5.84 Å². The van der Waals surface area contributed by atoms with E-state index < -0.39 is 0 Å². The van der Waals surface area contributed by atoms with Gasteiger partial charge in [0, 0.05) is 17.8 Å². The topological polar surface area (TPSA) is 75.5 Å². The predicted octanol–water partition coefficient (Wildman–Crippen LogP) is 6.52. The smallest absolute Gasteiger partial charge is 0.299 e. The van der Waals surface area contributed by atoms with Crippen LogP contribution in [-0.2, 0) is 5.41 Å². The lowest BCUT2D eigenvalue weighted by Gasteiger charge is -2.41. The zero-order valence-electron chi connectivity index (χ0n) is 23.0. The molecule has 38 heavy (non-hydrogen) atoms. The molecule has 1 amide bonds. The molecule has 1 saturated carbocycles. The van der Waals surface area contributed by atoms with Crippen LogP contribution in [0.4, 0.5) is 10.5 Å². The minimum absolute atomic E-state index is 0.000190. The first-order valence-electron chi connectivity index (χ1n) is 13.6. The van der Waals surface area contributed by atoms with Crippen LogP contribution >= 0.6 is 11.8 Å². The summed E-state index contributed by atoms with van der Waals surface area (Å²) in [6.07, 6.45) is 7.01. The van der Waals surface area contributed by atoms with Crippen LogP contribution in [0.15, 0.2) is 46.5 Å². The monoisotopic (exact) mass is 534 g/mol. The number of carbonyl (C=O) groups excluding carboxylic acids is 1. The summed E-state index contributed by atoms with van der Waals surface area (Å²) < 4.78 is 11.2. The first-order chi connectivity index (χ1) is 18.3. The summed E-state index contributed by atoms with van der Waals surface area (Å²) in [6, 6.07) is 13.0. The Morgan fingerprint density at radius 2 is 1.84 bits per heavy atom. The van der Waals surface area contributed by atoms with E-state index in [0.717, 1.165) is 48.5 Å². The molecule has 2 aliphatic heterocycles. The Balaban J connectivity index is 1.60. The second kappa shape index (κ2) is 11.0. The van der Waals surface area contributed by atoms with E-state index >= 15 is 0 Å². The molecule has 2 aromatic rings. The van der Waals surface area contributed by atoms with Crippen LogP contribution in [0.2, 0.25) is 0 Å². The van der Waals surface area contributed by atoms with Crippen LogP contribution in [0.25, 0.3) is 0 Å². The highest BCUT2D eigenvalue weighted by atomic mass is 32.2. The third kappa shape index (κ3) is 5.28. The summed E-state index contributed by atoms with van der Waals surface area (Å²) in [5.74, 6) is 2.41. The molecular formula is C30H38N4O3S. The lowest BCUT2D eigenvalue weighted by Crippen LogP contribution is -2.42. The molecule has 2 heterocycles. The van der Waals surface area contributed by atoms with Crippen LogP contribution < -0.4 is 19.8 Å². The Morgan fingerprint density at radius 1 is 1.08 bits per heavy atom. The quantitative estimate of drug-likeness (QED) is 0.349. The fourth-order valence-corrected chi connectivity index (χ4v) is 6.46. The van der Waals surface area contributed by atoms with Gasteiger partial charge in [0.2, 0.25) is 0 Å². The molecule has 2 aromatic carbocycles. The first-order valence-corrected chi connectivity index (χ1v) is 14.5. The molecule has 7 nitrogen and oxygen atoms in total. The molecule has 0 aromatic heterocycles. The van der Waals surface area contributed by atoms with E-state index in [0.29, 0.717) is 17.5 Å². The van der Waals surface area contributed by atoms with Gasteiger partial charge in [-0.3, -0.25) is 9.79 Å². The molecular weight excluding hydrogens is 496 g/mol. The van der Waals surface area contributed by atoms with Gasteiger partial charge in [0.05, 0.1) is 31.2 Å². The van der Waals surface area contributed by atoms with Gasteiger partial charge >= 0.3 is 0 Å². The maximum absolute atomic E-state index is 11.8. The van der Waals surface area contributed by atoms with Crippen LogP contribution in [0.5, 0.6) is 11.5 Å². The molecule has 0 saturated heterocycles. The molecule has 5 rings (SSSR count). The highest BCUT2D eigenvalue weighted by Crippen LogP contribution is 2.42. The Hall–Kier alpha value is -3.00. The van der Waals surface area contributed by atoms with Crippen molar-refractivity contribution in [3.63, 3.8) is 0 Å². The number of fused-ring (bicyclic) bond motifs is 1. The number of nitrogens with one attached hydrogen (secondary N) is 1. The molecule has 1 unspecified atom stereocenters. The van der Waals surface area contributed by atoms with Crippen molar-refractivity contribution in [1.82, 2.24) is 5.43 Å². The molecule has 0 radical (unpaired) electrons. The van der Waals surface area contributed by atoms with E-state index in [4.69, 9.17) is 14.5 Å². The maximum atomic E-state index is 11.8. The molecule has 8 heteroatoms. The summed E-state index contributed by atoms with van der Waals surface area (Å²) in [5.41, 5.74) is 8.07. The lowest BCUT2D eigenvalue weighted by atomic mass is 9.76. The van der Waals surface area contributed by atoms with Crippen molar-refractivity contribution >= 4 is 34.2 Å². The number of aliphatic imine (C=N–C) groups is 1. The summed E-state index contributed by atoms with van der Waals surface area (Å²) in [5, 5.41) is 4.30. The fraction of sp³-hybridized carbons (Fsp3) is 0.500. The number of ether oxygens (including phenoxy) is 2. The third-order valence-electron chi connectivity index (χ3n) is 7.99. The van der Waals surface area contributed by atoms with E-state index in [9.17, 15) is 4.79 Å². The second-order valence-electron chi connectivity index (χ2n) is 11.0. The summed E-state index contributed by atoms with van der Waals surface area (Å²) in [4.78, 5) is 19.6. The van der Waals surface area contributed by atoms with Crippen LogP contribution in [0, 0.1) is 0 Å². The standard InChI is InChI=1S/C30H38N4O3S/c1-19-27(32-33-29(35)38-19)20-11-13-24-23(17-20)30(2,3)15-16-34(24)28(31-22-9-7-6-8-10-22)21-12-14-25(36-4)26(18-21)37-5/h11-14,17-19,22H,6-10,15-16H2,1-5H3,(H,33,35)/b31-28-. The Bertz CT molecular complexity index is 1270. The van der Waals surface area contributed by atoms with Crippen LogP contribution in [-0.4, -0.2) is 48.8 Å². The van der Waals surface area contributed by atoms with Gasteiger partial charge in [-0.1, -0.05) is 50.9 Å². The number of carbonyl (C=O) groups is 1. The number of methoxy groups -OCH3 is 2. The average molecular weight is 535 g/mol. The van der Waals surface area contributed by atoms with Crippen LogP contribution in [0.3, 0.4) is 0 Å². The van der Waals surface area contributed by atoms with Crippen molar-refractivity contribution in [3.05, 3.63) is 53.1 Å². The van der Waals surface area contributed by atoms with Gasteiger partial charge in [-0.15, -0.1) is 0 Å². The van der Waals surface area contributed by atoms with Crippen molar-refractivity contribution in [1.29, 1.82) is 0 Å². The summed E-state index contributed by atoms with van der Waals surface area (Å²) in [6.45, 7) is 7.53. The number of amides is 1. The normalized spacial score (nSPS) is 21.9. The van der Waals surface area contributed by atoms with E-state index in [2.05, 4.69) is 53.5 Å². The Kier molecular flexibility index (Phi) is 7.70. The number of hydrazone groups is 1. The fourth-order valence-electron chi connectivity index (χ4n) is 5.74. The number of anilines is 1. The summed E-state index contributed by atoms with van der Waals surface area (Å²) >= 11 is 1.28. The van der Waals surface area contributed by atoms with Gasteiger partial charge in [-0.05, 0) is 73.1 Å². The summed E-state index contributed by atoms with van der Waals surface area (Å²) in [7, 11) is 3.34. The Labute approximate surface area is 230 Å².